The molecule has 1 aromatic carbocycles. The van der Waals surface area contributed by atoms with Crippen molar-refractivity contribution in [2.75, 3.05) is 13.1 Å². The minimum atomic E-state index is -0.0172. The van der Waals surface area contributed by atoms with Crippen LogP contribution in [0.5, 0.6) is 0 Å². The minimum Gasteiger partial charge on any atom is -0.366 e. The molecule has 2 heterocycles. The maximum atomic E-state index is 12.8. The molecule has 2 aliphatic rings. The van der Waals surface area contributed by atoms with E-state index in [-0.39, 0.29) is 18.1 Å². The van der Waals surface area contributed by atoms with Gasteiger partial charge in [-0.3, -0.25) is 9.48 Å². The van der Waals surface area contributed by atoms with Crippen molar-refractivity contribution >= 4 is 5.91 Å². The average molecular weight is 339 g/mol. The molecule has 0 unspecified atom stereocenters. The maximum Gasteiger partial charge on any atom is 0.224 e. The second kappa shape index (κ2) is 7.00. The first-order valence-corrected chi connectivity index (χ1v) is 9.17. The van der Waals surface area contributed by atoms with Crippen LogP contribution in [-0.4, -0.2) is 39.8 Å². The number of rotatable bonds is 5. The van der Waals surface area contributed by atoms with Crippen molar-refractivity contribution in [3.05, 3.63) is 53.9 Å². The molecule has 1 aliphatic heterocycles. The molecule has 2 aromatic rings. The summed E-state index contributed by atoms with van der Waals surface area (Å²) >= 11 is 0. The highest BCUT2D eigenvalue weighted by Gasteiger charge is 2.39. The van der Waals surface area contributed by atoms with Crippen molar-refractivity contribution in [1.29, 1.82) is 0 Å². The molecule has 2 fully saturated rings. The molecule has 1 aliphatic carbocycles. The Morgan fingerprint density at radius 2 is 2.00 bits per heavy atom. The van der Waals surface area contributed by atoms with Crippen LogP contribution in [0.1, 0.15) is 36.6 Å². The maximum absolute atomic E-state index is 12.8. The van der Waals surface area contributed by atoms with Gasteiger partial charge in [0, 0.05) is 25.7 Å². The van der Waals surface area contributed by atoms with E-state index in [1.165, 1.54) is 12.8 Å². The molecule has 1 saturated carbocycles. The van der Waals surface area contributed by atoms with Crippen molar-refractivity contribution in [3.63, 3.8) is 0 Å². The molecule has 0 radical (unpaired) electrons. The first kappa shape index (κ1) is 16.3. The molecular weight excluding hydrogens is 314 g/mol. The molecule has 0 bridgehead atoms. The zero-order chi connectivity index (χ0) is 17.2. The van der Waals surface area contributed by atoms with Crippen LogP contribution in [0.4, 0.5) is 0 Å². The number of carbonyl (C=O) groups is 1. The molecule has 0 spiro atoms. The Morgan fingerprint density at radius 3 is 2.68 bits per heavy atom. The van der Waals surface area contributed by atoms with Gasteiger partial charge >= 0.3 is 0 Å². The zero-order valence-corrected chi connectivity index (χ0v) is 14.7. The Labute approximate surface area is 148 Å². The lowest BCUT2D eigenvalue weighted by Gasteiger charge is -2.38. The van der Waals surface area contributed by atoms with E-state index in [1.54, 1.807) is 0 Å². The fraction of sp³-hybridized carbons (Fsp3) is 0.500. The van der Waals surface area contributed by atoms with E-state index < -0.39 is 0 Å². The van der Waals surface area contributed by atoms with E-state index >= 15 is 0 Å². The fourth-order valence-electron chi connectivity index (χ4n) is 3.53. The van der Waals surface area contributed by atoms with Crippen LogP contribution in [0.25, 0.3) is 0 Å². The highest BCUT2D eigenvalue weighted by molar-refractivity contribution is 5.76. The monoisotopic (exact) mass is 339 g/mol. The predicted molar refractivity (Wildman–Crippen MR) is 94.9 cm³/mol. The number of hydrogen-bond donors (Lipinski definition) is 0. The normalized spacial score (nSPS) is 23.6. The zero-order valence-electron chi connectivity index (χ0n) is 14.7. The Morgan fingerprint density at radius 1 is 1.20 bits per heavy atom. The molecule has 4 rings (SSSR count). The van der Waals surface area contributed by atoms with Crippen LogP contribution in [-0.2, 0) is 16.1 Å². The summed E-state index contributed by atoms with van der Waals surface area (Å²) in [6.45, 7) is 3.97. The van der Waals surface area contributed by atoms with Gasteiger partial charge in [0.2, 0.25) is 5.91 Å². The molecule has 1 amide bonds. The second-order valence-corrected chi connectivity index (χ2v) is 7.18. The number of morpholine rings is 1. The predicted octanol–water partition coefficient (Wildman–Crippen LogP) is 2.96. The Bertz CT molecular complexity index is 724. The van der Waals surface area contributed by atoms with Gasteiger partial charge in [0.1, 0.15) is 6.10 Å². The van der Waals surface area contributed by atoms with Crippen LogP contribution in [0.3, 0.4) is 0 Å². The van der Waals surface area contributed by atoms with Gasteiger partial charge in [-0.05, 0) is 37.3 Å². The van der Waals surface area contributed by atoms with E-state index in [9.17, 15) is 4.79 Å². The molecule has 25 heavy (non-hydrogen) atoms. The number of amides is 1. The largest absolute Gasteiger partial charge is 0.366 e. The van der Waals surface area contributed by atoms with Crippen LogP contribution >= 0.6 is 0 Å². The summed E-state index contributed by atoms with van der Waals surface area (Å²) in [4.78, 5) is 14.8. The second-order valence-electron chi connectivity index (χ2n) is 7.18. The number of ether oxygens (including phenoxy) is 1. The Kier molecular flexibility index (Phi) is 4.57. The third kappa shape index (κ3) is 3.93. The highest BCUT2D eigenvalue weighted by atomic mass is 16.5. The molecule has 1 saturated heterocycles. The van der Waals surface area contributed by atoms with Crippen LogP contribution < -0.4 is 0 Å². The number of hydrogen-bond acceptors (Lipinski definition) is 3. The van der Waals surface area contributed by atoms with Crippen LogP contribution in [0, 0.1) is 12.8 Å². The van der Waals surface area contributed by atoms with Crippen molar-refractivity contribution in [2.45, 2.75) is 44.9 Å². The molecule has 0 N–H and O–H groups in total. The summed E-state index contributed by atoms with van der Waals surface area (Å²) in [6.07, 6.45) is 5.02. The lowest BCUT2D eigenvalue weighted by Crippen LogP contribution is -2.47. The Balaban J connectivity index is 1.42. The number of nitrogens with zero attached hydrogens (tertiary/aromatic N) is 3. The number of benzene rings is 1. The highest BCUT2D eigenvalue weighted by Crippen LogP contribution is 2.39. The summed E-state index contributed by atoms with van der Waals surface area (Å²) < 4.78 is 8.18. The van der Waals surface area contributed by atoms with Gasteiger partial charge in [0.25, 0.3) is 0 Å². The standard InChI is InChI=1S/C20H25N3O2/c1-15-9-11-23(21-15)12-10-20(24)22-13-18(16-5-3-2-4-6-16)25-19(14-22)17-7-8-17/h2-6,9,11,17-19H,7-8,10,12-14H2,1H3/t18-,19+/m0/s1. The van der Waals surface area contributed by atoms with E-state index in [4.69, 9.17) is 4.74 Å². The van der Waals surface area contributed by atoms with Crippen LogP contribution in [0.2, 0.25) is 0 Å². The molecule has 2 atom stereocenters. The molecule has 1 aromatic heterocycles. The molecule has 5 heteroatoms. The van der Waals surface area contributed by atoms with E-state index in [0.717, 1.165) is 17.8 Å². The third-order valence-corrected chi connectivity index (χ3v) is 5.13. The summed E-state index contributed by atoms with van der Waals surface area (Å²) in [6, 6.07) is 12.2. The van der Waals surface area contributed by atoms with Gasteiger partial charge in [-0.1, -0.05) is 30.3 Å². The van der Waals surface area contributed by atoms with E-state index in [0.29, 0.717) is 25.4 Å². The van der Waals surface area contributed by atoms with E-state index in [1.807, 2.05) is 47.0 Å². The SMILES string of the molecule is Cc1ccn(CCC(=O)N2C[C@@H](c3ccccc3)O[C@@H](C3CC3)C2)n1. The summed E-state index contributed by atoms with van der Waals surface area (Å²) in [5.41, 5.74) is 2.14. The summed E-state index contributed by atoms with van der Waals surface area (Å²) in [7, 11) is 0. The molecular formula is C20H25N3O2. The topological polar surface area (TPSA) is 47.4 Å². The molecule has 132 valence electrons. The Hall–Kier alpha value is -2.14. The van der Waals surface area contributed by atoms with Crippen molar-refractivity contribution in [3.8, 4) is 0 Å². The molecule has 5 nitrogen and oxygen atoms in total. The number of aryl methyl sites for hydroxylation is 2. The number of aromatic nitrogens is 2. The summed E-state index contributed by atoms with van der Waals surface area (Å²) in [5.74, 6) is 0.818. The first-order chi connectivity index (χ1) is 12.2. The van der Waals surface area contributed by atoms with Crippen molar-refractivity contribution in [1.82, 2.24) is 14.7 Å². The third-order valence-electron chi connectivity index (χ3n) is 5.13. The van der Waals surface area contributed by atoms with Gasteiger partial charge in [-0.2, -0.15) is 5.10 Å². The first-order valence-electron chi connectivity index (χ1n) is 9.17. The fourth-order valence-corrected chi connectivity index (χ4v) is 3.53. The lowest BCUT2D eigenvalue weighted by atomic mass is 10.0. The van der Waals surface area contributed by atoms with Crippen molar-refractivity contribution < 1.29 is 9.53 Å². The number of carbonyl (C=O) groups excluding carboxylic acids is 1. The van der Waals surface area contributed by atoms with Gasteiger partial charge < -0.3 is 9.64 Å². The van der Waals surface area contributed by atoms with Gasteiger partial charge in [-0.25, -0.2) is 0 Å². The minimum absolute atomic E-state index is 0.0172. The van der Waals surface area contributed by atoms with Crippen molar-refractivity contribution in [2.24, 2.45) is 5.92 Å². The van der Waals surface area contributed by atoms with E-state index in [2.05, 4.69) is 17.2 Å². The lowest BCUT2D eigenvalue weighted by molar-refractivity contribution is -0.148. The average Bonchev–Trinajstić information content (AvgIpc) is 3.42. The summed E-state index contributed by atoms with van der Waals surface area (Å²) in [5, 5.41) is 4.36. The quantitative estimate of drug-likeness (QED) is 0.841. The van der Waals surface area contributed by atoms with Gasteiger partial charge in [0.05, 0.1) is 18.3 Å². The van der Waals surface area contributed by atoms with Gasteiger partial charge in [0.15, 0.2) is 0 Å². The smallest absolute Gasteiger partial charge is 0.224 e. The van der Waals surface area contributed by atoms with Gasteiger partial charge in [-0.15, -0.1) is 0 Å². The van der Waals surface area contributed by atoms with Crippen LogP contribution in [0.15, 0.2) is 42.6 Å².